The predicted octanol–water partition coefficient (Wildman–Crippen LogP) is 4.26. The summed E-state index contributed by atoms with van der Waals surface area (Å²) in [6.07, 6.45) is 0.834. The SMILES string of the molecule is C=C(C)c1ccc(OC(CC)OC(C)C)cc1. The molecule has 0 fully saturated rings. The van der Waals surface area contributed by atoms with Gasteiger partial charge in [-0.2, -0.15) is 0 Å². The monoisotopic (exact) mass is 234 g/mol. The zero-order chi connectivity index (χ0) is 12.8. The van der Waals surface area contributed by atoms with Crippen molar-refractivity contribution in [3.8, 4) is 5.75 Å². The Morgan fingerprint density at radius 1 is 1.24 bits per heavy atom. The summed E-state index contributed by atoms with van der Waals surface area (Å²) in [4.78, 5) is 0. The fourth-order valence-electron chi connectivity index (χ4n) is 1.48. The number of hydrogen-bond donors (Lipinski definition) is 0. The van der Waals surface area contributed by atoms with Crippen molar-refractivity contribution in [3.05, 3.63) is 36.4 Å². The summed E-state index contributed by atoms with van der Waals surface area (Å²) in [6, 6.07) is 7.94. The fraction of sp³-hybridized carbons (Fsp3) is 0.467. The number of allylic oxidation sites excluding steroid dienone is 1. The Hall–Kier alpha value is -1.28. The van der Waals surface area contributed by atoms with Crippen LogP contribution in [-0.4, -0.2) is 12.4 Å². The molecule has 0 aromatic heterocycles. The molecule has 1 aromatic rings. The third-order valence-electron chi connectivity index (χ3n) is 2.37. The van der Waals surface area contributed by atoms with E-state index in [0.717, 1.165) is 23.3 Å². The maximum Gasteiger partial charge on any atom is 0.199 e. The Balaban J connectivity index is 2.64. The molecule has 0 radical (unpaired) electrons. The van der Waals surface area contributed by atoms with E-state index in [4.69, 9.17) is 9.47 Å². The van der Waals surface area contributed by atoms with Crippen LogP contribution < -0.4 is 4.74 Å². The Morgan fingerprint density at radius 2 is 1.82 bits per heavy atom. The minimum absolute atomic E-state index is 0.175. The van der Waals surface area contributed by atoms with E-state index in [1.54, 1.807) is 0 Å². The molecular weight excluding hydrogens is 212 g/mol. The molecule has 0 bridgehead atoms. The average Bonchev–Trinajstić information content (AvgIpc) is 2.28. The van der Waals surface area contributed by atoms with Crippen molar-refractivity contribution in [1.82, 2.24) is 0 Å². The normalized spacial score (nSPS) is 12.5. The van der Waals surface area contributed by atoms with Crippen molar-refractivity contribution in [2.75, 3.05) is 0 Å². The molecule has 1 aromatic carbocycles. The highest BCUT2D eigenvalue weighted by molar-refractivity contribution is 5.61. The molecule has 0 amide bonds. The van der Waals surface area contributed by atoms with Gasteiger partial charge >= 0.3 is 0 Å². The van der Waals surface area contributed by atoms with Gasteiger partial charge in [-0.05, 0) is 38.5 Å². The quantitative estimate of drug-likeness (QED) is 0.685. The summed E-state index contributed by atoms with van der Waals surface area (Å²) in [5.74, 6) is 0.836. The van der Waals surface area contributed by atoms with Crippen LogP contribution >= 0.6 is 0 Å². The maximum absolute atomic E-state index is 5.76. The van der Waals surface area contributed by atoms with E-state index in [-0.39, 0.29) is 12.4 Å². The third-order valence-corrected chi connectivity index (χ3v) is 2.37. The van der Waals surface area contributed by atoms with Crippen LogP contribution in [-0.2, 0) is 4.74 Å². The summed E-state index contributed by atoms with van der Waals surface area (Å²) < 4.78 is 11.4. The molecule has 0 aliphatic carbocycles. The minimum Gasteiger partial charge on any atom is -0.465 e. The first-order valence-corrected chi connectivity index (χ1v) is 6.11. The second-order valence-corrected chi connectivity index (χ2v) is 4.45. The van der Waals surface area contributed by atoms with Crippen molar-refractivity contribution in [1.29, 1.82) is 0 Å². The molecule has 2 heteroatoms. The molecule has 0 saturated carbocycles. The first kappa shape index (κ1) is 13.8. The van der Waals surface area contributed by atoms with E-state index in [2.05, 4.69) is 13.5 Å². The van der Waals surface area contributed by atoms with Crippen molar-refractivity contribution in [2.24, 2.45) is 0 Å². The molecule has 1 unspecified atom stereocenters. The summed E-state index contributed by atoms with van der Waals surface area (Å²) >= 11 is 0. The first-order valence-electron chi connectivity index (χ1n) is 6.11. The van der Waals surface area contributed by atoms with Crippen LogP contribution in [0.2, 0.25) is 0 Å². The highest BCUT2D eigenvalue weighted by Crippen LogP contribution is 2.19. The zero-order valence-electron chi connectivity index (χ0n) is 11.2. The lowest BCUT2D eigenvalue weighted by Gasteiger charge is -2.20. The summed E-state index contributed by atoms with van der Waals surface area (Å²) in [7, 11) is 0. The van der Waals surface area contributed by atoms with Gasteiger partial charge in [0.15, 0.2) is 6.29 Å². The first-order chi connectivity index (χ1) is 8.02. The van der Waals surface area contributed by atoms with E-state index in [0.29, 0.717) is 0 Å². The Morgan fingerprint density at radius 3 is 2.24 bits per heavy atom. The number of hydrogen-bond acceptors (Lipinski definition) is 2. The molecular formula is C15H22O2. The Bertz CT molecular complexity index is 352. The smallest absolute Gasteiger partial charge is 0.199 e. The molecule has 0 saturated heterocycles. The molecule has 94 valence electrons. The van der Waals surface area contributed by atoms with Gasteiger partial charge in [0.05, 0.1) is 6.10 Å². The van der Waals surface area contributed by atoms with Gasteiger partial charge in [0.1, 0.15) is 5.75 Å². The van der Waals surface area contributed by atoms with Crippen molar-refractivity contribution in [3.63, 3.8) is 0 Å². The van der Waals surface area contributed by atoms with E-state index >= 15 is 0 Å². The Labute approximate surface area is 104 Å². The second kappa shape index (κ2) is 6.45. The van der Waals surface area contributed by atoms with Gasteiger partial charge in [0.25, 0.3) is 0 Å². The van der Waals surface area contributed by atoms with Crippen LogP contribution in [0.4, 0.5) is 0 Å². The van der Waals surface area contributed by atoms with E-state index in [1.165, 1.54) is 0 Å². The van der Waals surface area contributed by atoms with Crippen molar-refractivity contribution < 1.29 is 9.47 Å². The van der Waals surface area contributed by atoms with Crippen LogP contribution in [0.3, 0.4) is 0 Å². The summed E-state index contributed by atoms with van der Waals surface area (Å²) in [5, 5.41) is 0. The number of ether oxygens (including phenoxy) is 2. The fourth-order valence-corrected chi connectivity index (χ4v) is 1.48. The van der Waals surface area contributed by atoms with Gasteiger partial charge < -0.3 is 9.47 Å². The standard InChI is InChI=1S/C15H22O2/c1-6-15(16-12(4)5)17-14-9-7-13(8-10-14)11(2)3/h7-10,12,15H,2,6H2,1,3-5H3. The lowest BCUT2D eigenvalue weighted by Crippen LogP contribution is -2.23. The zero-order valence-corrected chi connectivity index (χ0v) is 11.2. The lowest BCUT2D eigenvalue weighted by molar-refractivity contribution is -0.109. The second-order valence-electron chi connectivity index (χ2n) is 4.45. The molecule has 17 heavy (non-hydrogen) atoms. The molecule has 0 N–H and O–H groups in total. The predicted molar refractivity (Wildman–Crippen MR) is 72.1 cm³/mol. The molecule has 2 nitrogen and oxygen atoms in total. The van der Waals surface area contributed by atoms with Crippen LogP contribution in [0.5, 0.6) is 5.75 Å². The van der Waals surface area contributed by atoms with Crippen LogP contribution in [0.15, 0.2) is 30.8 Å². The van der Waals surface area contributed by atoms with Crippen LogP contribution in [0.1, 0.15) is 39.7 Å². The van der Waals surface area contributed by atoms with E-state index in [9.17, 15) is 0 Å². The van der Waals surface area contributed by atoms with Gasteiger partial charge in [-0.15, -0.1) is 0 Å². The van der Waals surface area contributed by atoms with Gasteiger partial charge in [-0.3, -0.25) is 0 Å². The average molecular weight is 234 g/mol. The van der Waals surface area contributed by atoms with Gasteiger partial charge in [-0.1, -0.05) is 31.2 Å². The van der Waals surface area contributed by atoms with Gasteiger partial charge in [-0.25, -0.2) is 0 Å². The molecule has 0 aliphatic rings. The summed E-state index contributed by atoms with van der Waals surface area (Å²) in [5.41, 5.74) is 2.19. The number of rotatable bonds is 6. The molecule has 1 rings (SSSR count). The maximum atomic E-state index is 5.76. The topological polar surface area (TPSA) is 18.5 Å². The largest absolute Gasteiger partial charge is 0.465 e. The van der Waals surface area contributed by atoms with E-state index in [1.807, 2.05) is 45.0 Å². The highest BCUT2D eigenvalue weighted by Gasteiger charge is 2.10. The molecule has 1 atom stereocenters. The lowest BCUT2D eigenvalue weighted by atomic mass is 10.1. The van der Waals surface area contributed by atoms with Crippen molar-refractivity contribution in [2.45, 2.75) is 46.5 Å². The van der Waals surface area contributed by atoms with E-state index < -0.39 is 0 Å². The third kappa shape index (κ3) is 4.61. The van der Waals surface area contributed by atoms with Crippen LogP contribution in [0.25, 0.3) is 5.57 Å². The molecule has 0 spiro atoms. The Kier molecular flexibility index (Phi) is 5.23. The van der Waals surface area contributed by atoms with Crippen LogP contribution in [0, 0.1) is 0 Å². The minimum atomic E-state index is -0.175. The number of benzene rings is 1. The summed E-state index contributed by atoms with van der Waals surface area (Å²) in [6.45, 7) is 12.0. The van der Waals surface area contributed by atoms with Gasteiger partial charge in [0, 0.05) is 6.42 Å². The highest BCUT2D eigenvalue weighted by atomic mass is 16.7. The molecule has 0 heterocycles. The van der Waals surface area contributed by atoms with Gasteiger partial charge in [0.2, 0.25) is 0 Å². The van der Waals surface area contributed by atoms with Crippen molar-refractivity contribution >= 4 is 5.57 Å². The molecule has 0 aliphatic heterocycles.